The molecule has 140 valence electrons. The molecule has 28 heavy (non-hydrogen) atoms. The van der Waals surface area contributed by atoms with Crippen LogP contribution in [0.1, 0.15) is 16.3 Å². The Morgan fingerprint density at radius 3 is 2.68 bits per heavy atom. The summed E-state index contributed by atoms with van der Waals surface area (Å²) in [7, 11) is 0. The number of amides is 1. The maximum absolute atomic E-state index is 12.3. The van der Waals surface area contributed by atoms with Crippen molar-refractivity contribution in [3.63, 3.8) is 0 Å². The zero-order valence-corrected chi connectivity index (χ0v) is 18.2. The summed E-state index contributed by atoms with van der Waals surface area (Å²) in [6, 6.07) is 19.0. The molecule has 1 amide bonds. The highest BCUT2D eigenvalue weighted by Crippen LogP contribution is 2.31. The Balaban J connectivity index is 1.41. The first kappa shape index (κ1) is 19.0. The predicted molar refractivity (Wildman–Crippen MR) is 116 cm³/mol. The number of nitrogens with zero attached hydrogens (tertiary/aromatic N) is 1. The van der Waals surface area contributed by atoms with Gasteiger partial charge in [0.25, 0.3) is 0 Å². The fourth-order valence-corrected chi connectivity index (χ4v) is 4.60. The van der Waals surface area contributed by atoms with Gasteiger partial charge >= 0.3 is 5.91 Å². The van der Waals surface area contributed by atoms with Crippen molar-refractivity contribution in [1.29, 1.82) is 0 Å². The van der Waals surface area contributed by atoms with E-state index in [2.05, 4.69) is 42.4 Å². The molecule has 0 aliphatic carbocycles. The molecule has 2 heterocycles. The van der Waals surface area contributed by atoms with E-state index in [1.807, 2.05) is 48.5 Å². The second-order valence-electron chi connectivity index (χ2n) is 5.69. The van der Waals surface area contributed by atoms with Crippen molar-refractivity contribution in [1.82, 2.24) is 5.43 Å². The van der Waals surface area contributed by atoms with Crippen LogP contribution in [0, 0.1) is 0 Å². The summed E-state index contributed by atoms with van der Waals surface area (Å²) in [6.07, 6.45) is 1.45. The van der Waals surface area contributed by atoms with E-state index in [9.17, 15) is 4.79 Å². The number of carbonyl (C=O) groups is 1. The third-order valence-corrected chi connectivity index (χ3v) is 5.66. The summed E-state index contributed by atoms with van der Waals surface area (Å²) < 4.78 is 12.9. The van der Waals surface area contributed by atoms with Crippen molar-refractivity contribution >= 4 is 66.7 Å². The summed E-state index contributed by atoms with van der Waals surface area (Å²) in [6.45, 7) is 0. The van der Waals surface area contributed by atoms with E-state index >= 15 is 0 Å². The van der Waals surface area contributed by atoms with Gasteiger partial charge in [0.15, 0.2) is 10.9 Å². The molecule has 0 bridgehead atoms. The average molecular weight is 520 g/mol. The summed E-state index contributed by atoms with van der Waals surface area (Å²) in [5, 5.41) is 5.49. The number of carbonyl (C=O) groups excluding carboxylic acids is 1. The smallest absolute Gasteiger partial charge is 0.307 e. The van der Waals surface area contributed by atoms with Crippen LogP contribution in [-0.2, 0) is 0 Å². The Labute approximate surface area is 181 Å². The number of halogens is 2. The molecule has 4 rings (SSSR count). The quantitative estimate of drug-likeness (QED) is 0.242. The third kappa shape index (κ3) is 4.40. The number of furan rings is 2. The number of nitrogens with one attached hydrogen (secondary N) is 1. The Kier molecular flexibility index (Phi) is 5.70. The molecule has 1 N–H and O–H groups in total. The lowest BCUT2D eigenvalue weighted by Crippen LogP contribution is -2.16. The van der Waals surface area contributed by atoms with Crippen LogP contribution in [0.15, 0.2) is 93.5 Å². The van der Waals surface area contributed by atoms with Gasteiger partial charge in [-0.15, -0.1) is 0 Å². The van der Waals surface area contributed by atoms with Crippen LogP contribution < -0.4 is 5.43 Å². The Morgan fingerprint density at radius 1 is 1.04 bits per heavy atom. The fourth-order valence-electron chi connectivity index (χ4n) is 2.46. The summed E-state index contributed by atoms with van der Waals surface area (Å²) >= 11 is 8.34. The Hall–Kier alpha value is -2.29. The highest BCUT2D eigenvalue weighted by molar-refractivity contribution is 9.11. The molecule has 2 aromatic heterocycles. The van der Waals surface area contributed by atoms with Crippen LogP contribution in [-0.4, -0.2) is 12.1 Å². The van der Waals surface area contributed by atoms with Gasteiger partial charge in [0.1, 0.15) is 11.3 Å². The monoisotopic (exact) mass is 518 g/mol. The molecule has 0 fully saturated rings. The third-order valence-electron chi connectivity index (χ3n) is 3.68. The van der Waals surface area contributed by atoms with Crippen LogP contribution in [0.2, 0.25) is 0 Å². The first-order chi connectivity index (χ1) is 13.6. The van der Waals surface area contributed by atoms with Gasteiger partial charge < -0.3 is 8.83 Å². The van der Waals surface area contributed by atoms with Gasteiger partial charge in [-0.1, -0.05) is 45.9 Å². The number of benzene rings is 2. The second-order valence-corrected chi connectivity index (χ2v) is 8.54. The van der Waals surface area contributed by atoms with Gasteiger partial charge in [-0.25, -0.2) is 5.43 Å². The number of fused-ring (bicyclic) bond motifs is 1. The minimum Gasteiger partial charge on any atom is -0.450 e. The summed E-state index contributed by atoms with van der Waals surface area (Å²) in [5.74, 6) is 0.265. The number of rotatable bonds is 5. The van der Waals surface area contributed by atoms with Gasteiger partial charge in [-0.2, -0.15) is 5.10 Å². The van der Waals surface area contributed by atoms with Crippen LogP contribution in [0.4, 0.5) is 0 Å². The Bertz CT molecular complexity index is 1170. The van der Waals surface area contributed by atoms with Crippen LogP contribution in [0.5, 0.6) is 0 Å². The second kappa shape index (κ2) is 8.38. The van der Waals surface area contributed by atoms with Crippen molar-refractivity contribution in [2.75, 3.05) is 0 Å². The molecule has 0 saturated carbocycles. The molecule has 2 aromatic carbocycles. The van der Waals surface area contributed by atoms with Gasteiger partial charge in [-0.3, -0.25) is 4.79 Å². The molecule has 4 aromatic rings. The van der Waals surface area contributed by atoms with E-state index in [1.165, 1.54) is 18.0 Å². The molecular weight excluding hydrogens is 508 g/mol. The lowest BCUT2D eigenvalue weighted by Gasteiger charge is -1.96. The first-order valence-corrected chi connectivity index (χ1v) is 10.5. The molecule has 5 nitrogen and oxygen atoms in total. The lowest BCUT2D eigenvalue weighted by molar-refractivity contribution is 0.0929. The molecule has 0 aliphatic rings. The van der Waals surface area contributed by atoms with Gasteiger partial charge in [0, 0.05) is 14.8 Å². The minimum atomic E-state index is -0.444. The molecule has 0 aliphatic heterocycles. The lowest BCUT2D eigenvalue weighted by atomic mass is 10.2. The Morgan fingerprint density at radius 2 is 1.86 bits per heavy atom. The molecule has 8 heteroatoms. The maximum Gasteiger partial charge on any atom is 0.307 e. The van der Waals surface area contributed by atoms with Crippen molar-refractivity contribution in [3.05, 3.63) is 81.1 Å². The van der Waals surface area contributed by atoms with E-state index in [-0.39, 0.29) is 5.76 Å². The normalized spacial score (nSPS) is 11.4. The average Bonchev–Trinajstić information content (AvgIpc) is 3.29. The van der Waals surface area contributed by atoms with Crippen LogP contribution >= 0.6 is 43.6 Å². The van der Waals surface area contributed by atoms with Crippen molar-refractivity contribution < 1.29 is 13.6 Å². The van der Waals surface area contributed by atoms with Gasteiger partial charge in [0.05, 0.1) is 10.7 Å². The number of hydrazone groups is 1. The summed E-state index contributed by atoms with van der Waals surface area (Å²) in [5.41, 5.74) is 3.05. The first-order valence-electron chi connectivity index (χ1n) is 8.13. The van der Waals surface area contributed by atoms with E-state index < -0.39 is 5.91 Å². The SMILES string of the molecule is O=C(N/N=C\c1ccc(Sc2ccccc2)o1)c1cc2cc(Br)cc(Br)c2o1. The maximum atomic E-state index is 12.3. The number of hydrogen-bond acceptors (Lipinski definition) is 5. The highest BCUT2D eigenvalue weighted by Gasteiger charge is 2.14. The molecule has 0 radical (unpaired) electrons. The molecule has 0 unspecified atom stereocenters. The van der Waals surface area contributed by atoms with Crippen molar-refractivity contribution in [2.45, 2.75) is 9.99 Å². The molecule has 0 spiro atoms. The van der Waals surface area contributed by atoms with Gasteiger partial charge in [-0.05, 0) is 58.4 Å². The molecule has 0 saturated heterocycles. The highest BCUT2D eigenvalue weighted by atomic mass is 79.9. The largest absolute Gasteiger partial charge is 0.450 e. The topological polar surface area (TPSA) is 67.7 Å². The fraction of sp³-hybridized carbons (Fsp3) is 0. The molecular formula is C20H12Br2N2O3S. The number of hydrogen-bond donors (Lipinski definition) is 1. The van der Waals surface area contributed by atoms with Crippen molar-refractivity contribution in [2.24, 2.45) is 5.10 Å². The van der Waals surface area contributed by atoms with Crippen LogP contribution in [0.3, 0.4) is 0 Å². The van der Waals surface area contributed by atoms with Gasteiger partial charge in [0.2, 0.25) is 0 Å². The zero-order valence-electron chi connectivity index (χ0n) is 14.2. The zero-order chi connectivity index (χ0) is 19.5. The standard InChI is InChI=1S/C20H12Br2N2O3S/c21-13-8-12-9-17(27-19(12)16(22)10-13)20(25)24-23-11-14-6-7-18(26-14)28-15-4-2-1-3-5-15/h1-11H,(H,24,25)/b23-11-. The molecule has 0 atom stereocenters. The minimum absolute atomic E-state index is 0.172. The van der Waals surface area contributed by atoms with E-state index in [0.29, 0.717) is 11.3 Å². The van der Waals surface area contributed by atoms with E-state index in [4.69, 9.17) is 8.83 Å². The van der Waals surface area contributed by atoms with E-state index in [0.717, 1.165) is 24.3 Å². The van der Waals surface area contributed by atoms with E-state index in [1.54, 1.807) is 12.1 Å². The predicted octanol–water partition coefficient (Wildman–Crippen LogP) is 6.47. The van der Waals surface area contributed by atoms with Crippen LogP contribution in [0.25, 0.3) is 11.0 Å². The summed E-state index contributed by atoms with van der Waals surface area (Å²) in [4.78, 5) is 13.3. The van der Waals surface area contributed by atoms with Crippen molar-refractivity contribution in [3.8, 4) is 0 Å².